The molecule has 11 heteroatoms. The maximum Gasteiger partial charge on any atom is 0.435 e. The quantitative estimate of drug-likeness (QED) is 0.466. The Bertz CT molecular complexity index is 1040. The van der Waals surface area contributed by atoms with Crippen molar-refractivity contribution in [2.24, 2.45) is 7.05 Å². The number of halogens is 5. The van der Waals surface area contributed by atoms with E-state index < -0.39 is 30.4 Å². The highest BCUT2D eigenvalue weighted by Crippen LogP contribution is 2.38. The van der Waals surface area contributed by atoms with E-state index in [1.54, 1.807) is 0 Å². The summed E-state index contributed by atoms with van der Waals surface area (Å²) in [4.78, 5) is 12.5. The van der Waals surface area contributed by atoms with Crippen molar-refractivity contribution in [2.75, 3.05) is 5.32 Å². The number of aryl methyl sites for hydroxylation is 1. The molecule has 0 saturated carbocycles. The van der Waals surface area contributed by atoms with Crippen molar-refractivity contribution in [2.45, 2.75) is 22.7 Å². The summed E-state index contributed by atoms with van der Waals surface area (Å²) in [6.45, 7) is -0.661. The van der Waals surface area contributed by atoms with Gasteiger partial charge in [-0.25, -0.2) is 9.18 Å². The van der Waals surface area contributed by atoms with E-state index in [1.165, 1.54) is 55.6 Å². The molecule has 2 aromatic carbocycles. The number of nitrogens with one attached hydrogen (secondary N) is 1. The Morgan fingerprint density at radius 1 is 1.17 bits per heavy atom. The molecule has 0 aliphatic carbocycles. The smallest absolute Gasteiger partial charge is 0.435 e. The van der Waals surface area contributed by atoms with Crippen LogP contribution in [-0.2, 0) is 24.6 Å². The Labute approximate surface area is 178 Å². The van der Waals surface area contributed by atoms with Crippen molar-refractivity contribution in [1.82, 2.24) is 9.78 Å². The first-order valence-corrected chi connectivity index (χ1v) is 9.59. The molecule has 1 amide bonds. The van der Waals surface area contributed by atoms with E-state index in [0.29, 0.717) is 15.6 Å². The van der Waals surface area contributed by atoms with Gasteiger partial charge in [-0.05, 0) is 48.5 Å². The van der Waals surface area contributed by atoms with Gasteiger partial charge in [-0.2, -0.15) is 18.3 Å². The van der Waals surface area contributed by atoms with Gasteiger partial charge in [0, 0.05) is 22.7 Å². The lowest BCUT2D eigenvalue weighted by Crippen LogP contribution is -2.16. The third kappa shape index (κ3) is 5.45. The maximum atomic E-state index is 13.4. The molecular weight excluding hydrogens is 446 g/mol. The lowest BCUT2D eigenvalue weighted by atomic mass is 10.2. The number of alkyl halides is 3. The van der Waals surface area contributed by atoms with Crippen LogP contribution in [0.5, 0.6) is 0 Å². The molecule has 5 nitrogen and oxygen atoms in total. The van der Waals surface area contributed by atoms with Gasteiger partial charge < -0.3 is 4.74 Å². The first-order valence-electron chi connectivity index (χ1n) is 8.39. The Morgan fingerprint density at radius 2 is 1.80 bits per heavy atom. The summed E-state index contributed by atoms with van der Waals surface area (Å²) in [5, 5.41) is 6.52. The van der Waals surface area contributed by atoms with Crippen molar-refractivity contribution in [3.63, 3.8) is 0 Å². The van der Waals surface area contributed by atoms with Gasteiger partial charge >= 0.3 is 12.3 Å². The average Bonchev–Trinajstić information content (AvgIpc) is 3.00. The number of hydrogen-bond donors (Lipinski definition) is 1. The molecule has 1 aromatic heterocycles. The minimum absolute atomic E-state index is 0.119. The van der Waals surface area contributed by atoms with Crippen LogP contribution in [0.15, 0.2) is 58.5 Å². The van der Waals surface area contributed by atoms with E-state index in [0.717, 1.165) is 16.4 Å². The van der Waals surface area contributed by atoms with Crippen molar-refractivity contribution < 1.29 is 27.1 Å². The summed E-state index contributed by atoms with van der Waals surface area (Å²) in [5.74, 6) is -0.470. The fourth-order valence-corrected chi connectivity index (χ4v) is 3.55. The van der Waals surface area contributed by atoms with Gasteiger partial charge in [-0.1, -0.05) is 23.4 Å². The van der Waals surface area contributed by atoms with Crippen LogP contribution in [0.3, 0.4) is 0 Å². The first-order chi connectivity index (χ1) is 14.1. The minimum atomic E-state index is -4.75. The number of nitrogens with zero attached hydrogens (tertiary/aromatic N) is 2. The third-order valence-corrected chi connectivity index (χ3v) is 5.29. The fraction of sp³-hybridized carbons (Fsp3) is 0.158. The van der Waals surface area contributed by atoms with Gasteiger partial charge in [0.1, 0.15) is 17.5 Å². The van der Waals surface area contributed by atoms with Crippen molar-refractivity contribution >= 4 is 35.1 Å². The van der Waals surface area contributed by atoms with Gasteiger partial charge in [0.05, 0.1) is 5.56 Å². The third-order valence-electron chi connectivity index (χ3n) is 3.82. The zero-order valence-electron chi connectivity index (χ0n) is 15.3. The van der Waals surface area contributed by atoms with Crippen molar-refractivity contribution in [3.8, 4) is 0 Å². The van der Waals surface area contributed by atoms with Crippen LogP contribution in [0.2, 0.25) is 5.02 Å². The molecule has 1 heterocycles. The molecule has 1 N–H and O–H groups in total. The largest absolute Gasteiger partial charge is 0.444 e. The van der Waals surface area contributed by atoms with Crippen LogP contribution in [0.25, 0.3) is 0 Å². The maximum absolute atomic E-state index is 13.4. The summed E-state index contributed by atoms with van der Waals surface area (Å²) >= 11 is 6.71. The normalized spacial score (nSPS) is 11.4. The second-order valence-corrected chi connectivity index (χ2v) is 7.52. The summed E-state index contributed by atoms with van der Waals surface area (Å²) in [5.41, 5.74) is -1.09. The number of rotatable bonds is 5. The van der Waals surface area contributed by atoms with Crippen molar-refractivity contribution in [3.05, 3.63) is 70.6 Å². The predicted molar refractivity (Wildman–Crippen MR) is 104 cm³/mol. The van der Waals surface area contributed by atoms with E-state index in [-0.39, 0.29) is 10.6 Å². The molecule has 0 aliphatic heterocycles. The Balaban J connectivity index is 1.81. The number of ether oxygens (including phenoxy) is 1. The van der Waals surface area contributed by atoms with Crippen LogP contribution in [0.4, 0.5) is 28.0 Å². The molecule has 30 heavy (non-hydrogen) atoms. The van der Waals surface area contributed by atoms with Gasteiger partial charge in [-0.3, -0.25) is 10.00 Å². The Kier molecular flexibility index (Phi) is 6.57. The lowest BCUT2D eigenvalue weighted by molar-refractivity contribution is -0.142. The molecule has 0 bridgehead atoms. The minimum Gasteiger partial charge on any atom is -0.444 e. The number of anilines is 1. The summed E-state index contributed by atoms with van der Waals surface area (Å²) in [6, 6.07) is 11.4. The second kappa shape index (κ2) is 8.97. The number of aromatic nitrogens is 2. The molecule has 0 radical (unpaired) electrons. The van der Waals surface area contributed by atoms with Crippen LogP contribution in [-0.4, -0.2) is 15.9 Å². The first kappa shape index (κ1) is 22.0. The lowest BCUT2D eigenvalue weighted by Gasteiger charge is -2.11. The Morgan fingerprint density at radius 3 is 2.40 bits per heavy atom. The average molecular weight is 460 g/mol. The molecule has 0 aliphatic rings. The summed E-state index contributed by atoms with van der Waals surface area (Å²) < 4.78 is 59.5. The van der Waals surface area contributed by atoms with Crippen LogP contribution >= 0.6 is 23.4 Å². The van der Waals surface area contributed by atoms with Gasteiger partial charge in [0.2, 0.25) is 0 Å². The second-order valence-electron chi connectivity index (χ2n) is 6.02. The number of hydrogen-bond acceptors (Lipinski definition) is 4. The molecule has 0 atom stereocenters. The SMILES string of the molecule is Cn1nc(C(F)(F)F)c(COC(=O)Nc2ccc(Cl)cc2)c1Sc1ccc(F)cc1. The van der Waals surface area contributed by atoms with Gasteiger partial charge in [0.15, 0.2) is 5.69 Å². The summed E-state index contributed by atoms with van der Waals surface area (Å²) in [6.07, 6.45) is -5.68. The summed E-state index contributed by atoms with van der Waals surface area (Å²) in [7, 11) is 1.35. The zero-order valence-corrected chi connectivity index (χ0v) is 16.9. The standard InChI is InChI=1S/C19H14ClF4N3O2S/c1-27-17(30-14-8-4-12(21)5-9-14)15(16(26-27)19(22,23)24)10-29-18(28)25-13-6-2-11(20)3-7-13/h2-9H,10H2,1H3,(H,25,28). The van der Waals surface area contributed by atoms with E-state index in [4.69, 9.17) is 16.3 Å². The predicted octanol–water partition coefficient (Wildman–Crippen LogP) is 6.13. The van der Waals surface area contributed by atoms with E-state index in [2.05, 4.69) is 10.4 Å². The topological polar surface area (TPSA) is 56.2 Å². The van der Waals surface area contributed by atoms with Crippen LogP contribution in [0.1, 0.15) is 11.3 Å². The highest BCUT2D eigenvalue weighted by molar-refractivity contribution is 7.99. The zero-order chi connectivity index (χ0) is 21.9. The number of carbonyl (C=O) groups excluding carboxylic acids is 1. The number of benzene rings is 2. The molecule has 158 valence electrons. The molecule has 0 fully saturated rings. The van der Waals surface area contributed by atoms with E-state index in [9.17, 15) is 22.4 Å². The molecule has 0 unspecified atom stereocenters. The monoisotopic (exact) mass is 459 g/mol. The fourth-order valence-electron chi connectivity index (χ4n) is 2.48. The van der Waals surface area contributed by atoms with Gasteiger partial charge in [0.25, 0.3) is 0 Å². The van der Waals surface area contributed by atoms with E-state index >= 15 is 0 Å². The molecule has 3 rings (SSSR count). The highest BCUT2D eigenvalue weighted by atomic mass is 35.5. The van der Waals surface area contributed by atoms with Crippen LogP contribution in [0, 0.1) is 5.82 Å². The molecule has 3 aromatic rings. The highest BCUT2D eigenvalue weighted by Gasteiger charge is 2.39. The van der Waals surface area contributed by atoms with E-state index in [1.807, 2.05) is 0 Å². The molecule has 0 saturated heterocycles. The molecule has 0 spiro atoms. The van der Waals surface area contributed by atoms with Gasteiger partial charge in [-0.15, -0.1) is 0 Å². The molecular formula is C19H14ClF4N3O2S. The van der Waals surface area contributed by atoms with Crippen LogP contribution < -0.4 is 5.32 Å². The Hall–Kier alpha value is -2.72. The van der Waals surface area contributed by atoms with Crippen molar-refractivity contribution in [1.29, 1.82) is 0 Å². The number of carbonyl (C=O) groups is 1. The number of amides is 1.